The maximum absolute atomic E-state index is 10.4. The molecule has 0 aromatic rings. The van der Waals surface area contributed by atoms with Crippen LogP contribution in [0.3, 0.4) is 0 Å². The van der Waals surface area contributed by atoms with Crippen LogP contribution in [0, 0.1) is 5.92 Å². The summed E-state index contributed by atoms with van der Waals surface area (Å²) in [5.41, 5.74) is -0.156. The average Bonchev–Trinajstić information content (AvgIpc) is 2.17. The molecule has 1 heterocycles. The summed E-state index contributed by atoms with van der Waals surface area (Å²) in [5.74, 6) is 1.70. The lowest BCUT2D eigenvalue weighted by Gasteiger charge is -2.37. The van der Waals surface area contributed by atoms with Gasteiger partial charge in [0.05, 0.1) is 0 Å². The van der Waals surface area contributed by atoms with Crippen molar-refractivity contribution in [3.63, 3.8) is 0 Å². The van der Waals surface area contributed by atoms with E-state index in [2.05, 4.69) is 22.8 Å². The van der Waals surface area contributed by atoms with Gasteiger partial charge in [-0.1, -0.05) is 12.2 Å². The van der Waals surface area contributed by atoms with Gasteiger partial charge in [0.2, 0.25) is 0 Å². The largest absolute Gasteiger partial charge is 0.465 e. The quantitative estimate of drug-likeness (QED) is 0.574. The molecule has 3 atom stereocenters. The van der Waals surface area contributed by atoms with Gasteiger partial charge in [0, 0.05) is 11.8 Å². The highest BCUT2D eigenvalue weighted by molar-refractivity contribution is 7.99. The normalized spacial score (nSPS) is 36.1. The zero-order valence-corrected chi connectivity index (χ0v) is 8.59. The summed E-state index contributed by atoms with van der Waals surface area (Å²) < 4.78 is 0. The number of thioether (sulfide) groups is 1. The maximum Gasteiger partial charge on any atom is 0.406 e. The van der Waals surface area contributed by atoms with Crippen molar-refractivity contribution >= 4 is 17.9 Å². The van der Waals surface area contributed by atoms with E-state index in [0.29, 0.717) is 12.0 Å². The first-order chi connectivity index (χ1) is 6.75. The van der Waals surface area contributed by atoms with E-state index in [1.807, 2.05) is 0 Å². The minimum atomic E-state index is -0.965. The van der Waals surface area contributed by atoms with E-state index in [1.165, 1.54) is 6.42 Å². The van der Waals surface area contributed by atoms with Crippen molar-refractivity contribution in [2.45, 2.75) is 24.4 Å². The minimum absolute atomic E-state index is 0.156. The Morgan fingerprint density at radius 3 is 3.29 bits per heavy atom. The predicted octanol–water partition coefficient (Wildman–Crippen LogP) is 1.21. The molecule has 1 fully saturated rings. The van der Waals surface area contributed by atoms with Crippen LogP contribution in [0.15, 0.2) is 12.2 Å². The molecule has 2 aliphatic rings. The number of amides is 1. The molecule has 0 aromatic carbocycles. The van der Waals surface area contributed by atoms with Crippen LogP contribution in [0.2, 0.25) is 0 Å². The van der Waals surface area contributed by atoms with Gasteiger partial charge in [-0.25, -0.2) is 4.79 Å². The summed E-state index contributed by atoms with van der Waals surface area (Å²) in [4.78, 5) is 10.4. The SMILES string of the molecule is O=C(O)NC1NC2C=CCCC2CS1. The van der Waals surface area contributed by atoms with Crippen molar-refractivity contribution < 1.29 is 9.90 Å². The third-order valence-corrected chi connectivity index (χ3v) is 3.84. The molecule has 3 unspecified atom stereocenters. The molecule has 1 saturated heterocycles. The van der Waals surface area contributed by atoms with E-state index in [4.69, 9.17) is 5.11 Å². The van der Waals surface area contributed by atoms with E-state index in [0.717, 1.165) is 12.2 Å². The number of carbonyl (C=O) groups is 1. The molecule has 0 saturated carbocycles. The Morgan fingerprint density at radius 1 is 1.64 bits per heavy atom. The fourth-order valence-corrected chi connectivity index (χ4v) is 3.16. The van der Waals surface area contributed by atoms with E-state index < -0.39 is 6.09 Å². The van der Waals surface area contributed by atoms with Crippen molar-refractivity contribution in [3.8, 4) is 0 Å². The molecule has 14 heavy (non-hydrogen) atoms. The summed E-state index contributed by atoms with van der Waals surface area (Å²) in [5, 5.41) is 14.3. The number of hydrogen-bond donors (Lipinski definition) is 3. The van der Waals surface area contributed by atoms with Crippen LogP contribution < -0.4 is 10.6 Å². The Labute approximate surface area is 87.1 Å². The average molecular weight is 214 g/mol. The maximum atomic E-state index is 10.4. The molecule has 0 aromatic heterocycles. The molecule has 1 amide bonds. The van der Waals surface area contributed by atoms with Gasteiger partial charge in [-0.05, 0) is 18.8 Å². The van der Waals surface area contributed by atoms with E-state index in [-0.39, 0.29) is 5.50 Å². The molecular weight excluding hydrogens is 200 g/mol. The predicted molar refractivity (Wildman–Crippen MR) is 56.2 cm³/mol. The molecule has 0 bridgehead atoms. The molecule has 5 heteroatoms. The third-order valence-electron chi connectivity index (χ3n) is 2.63. The summed E-state index contributed by atoms with van der Waals surface area (Å²) in [7, 11) is 0. The molecule has 2 rings (SSSR count). The van der Waals surface area contributed by atoms with Gasteiger partial charge in [-0.3, -0.25) is 10.6 Å². The Hall–Kier alpha value is -0.680. The Kier molecular flexibility index (Phi) is 2.98. The molecule has 78 valence electrons. The van der Waals surface area contributed by atoms with Gasteiger partial charge in [0.15, 0.2) is 0 Å². The zero-order chi connectivity index (χ0) is 9.97. The summed E-state index contributed by atoms with van der Waals surface area (Å²) in [6.07, 6.45) is 5.72. The van der Waals surface area contributed by atoms with Gasteiger partial charge < -0.3 is 5.11 Å². The first-order valence-corrected chi connectivity index (χ1v) is 5.84. The monoisotopic (exact) mass is 214 g/mol. The van der Waals surface area contributed by atoms with Crippen LogP contribution in [0.4, 0.5) is 4.79 Å². The number of fused-ring (bicyclic) bond motifs is 1. The standard InChI is InChI=1S/C9H14N2O2S/c12-9(13)11-8-10-7-4-2-1-3-6(7)5-14-8/h2,4,6-8,10-11H,1,3,5H2,(H,12,13). The van der Waals surface area contributed by atoms with Crippen molar-refractivity contribution in [3.05, 3.63) is 12.2 Å². The van der Waals surface area contributed by atoms with Crippen LogP contribution in [0.25, 0.3) is 0 Å². The molecule has 1 aliphatic heterocycles. The molecule has 0 spiro atoms. The van der Waals surface area contributed by atoms with Crippen molar-refractivity contribution in [2.75, 3.05) is 5.75 Å². The third kappa shape index (κ3) is 2.22. The Morgan fingerprint density at radius 2 is 2.50 bits per heavy atom. The zero-order valence-electron chi connectivity index (χ0n) is 7.77. The topological polar surface area (TPSA) is 61.4 Å². The number of rotatable bonds is 1. The van der Waals surface area contributed by atoms with Crippen LogP contribution in [-0.4, -0.2) is 28.5 Å². The highest BCUT2D eigenvalue weighted by Gasteiger charge is 2.30. The summed E-state index contributed by atoms with van der Waals surface area (Å²) in [6.45, 7) is 0. The lowest BCUT2D eigenvalue weighted by molar-refractivity contribution is 0.190. The molecule has 4 nitrogen and oxygen atoms in total. The van der Waals surface area contributed by atoms with Crippen LogP contribution in [-0.2, 0) is 0 Å². The Balaban J connectivity index is 1.92. The van der Waals surface area contributed by atoms with Gasteiger partial charge in [0.25, 0.3) is 0 Å². The van der Waals surface area contributed by atoms with E-state index >= 15 is 0 Å². The number of nitrogens with one attached hydrogen (secondary N) is 2. The fourth-order valence-electron chi connectivity index (χ4n) is 1.91. The fraction of sp³-hybridized carbons (Fsp3) is 0.667. The van der Waals surface area contributed by atoms with Crippen molar-refractivity contribution in [2.24, 2.45) is 5.92 Å². The van der Waals surface area contributed by atoms with Crippen molar-refractivity contribution in [1.29, 1.82) is 0 Å². The first kappa shape index (κ1) is 9.86. The highest BCUT2D eigenvalue weighted by atomic mass is 32.2. The minimum Gasteiger partial charge on any atom is -0.465 e. The highest BCUT2D eigenvalue weighted by Crippen LogP contribution is 2.29. The van der Waals surface area contributed by atoms with Crippen LogP contribution in [0.5, 0.6) is 0 Å². The van der Waals surface area contributed by atoms with Crippen LogP contribution in [0.1, 0.15) is 12.8 Å². The molecule has 3 N–H and O–H groups in total. The summed E-state index contributed by atoms with van der Waals surface area (Å²) in [6, 6.07) is 0.349. The molecule has 0 radical (unpaired) electrons. The second kappa shape index (κ2) is 4.23. The smallest absolute Gasteiger partial charge is 0.406 e. The number of carboxylic acid groups (broad SMARTS) is 1. The van der Waals surface area contributed by atoms with Crippen molar-refractivity contribution in [1.82, 2.24) is 10.6 Å². The molecular formula is C9H14N2O2S. The van der Waals surface area contributed by atoms with Crippen LogP contribution >= 0.6 is 11.8 Å². The second-order valence-corrected chi connectivity index (χ2v) is 4.76. The van der Waals surface area contributed by atoms with E-state index in [1.54, 1.807) is 11.8 Å². The lowest BCUT2D eigenvalue weighted by Crippen LogP contribution is -2.53. The second-order valence-electron chi connectivity index (χ2n) is 3.62. The molecule has 1 aliphatic carbocycles. The van der Waals surface area contributed by atoms with Gasteiger partial charge in [-0.15, -0.1) is 11.8 Å². The first-order valence-electron chi connectivity index (χ1n) is 4.79. The van der Waals surface area contributed by atoms with Gasteiger partial charge >= 0.3 is 6.09 Å². The van der Waals surface area contributed by atoms with Gasteiger partial charge in [-0.2, -0.15) is 0 Å². The van der Waals surface area contributed by atoms with Gasteiger partial charge in [0.1, 0.15) is 5.50 Å². The van der Waals surface area contributed by atoms with E-state index in [9.17, 15) is 4.79 Å². The summed E-state index contributed by atoms with van der Waals surface area (Å²) >= 11 is 1.64. The Bertz CT molecular complexity index is 257. The lowest BCUT2D eigenvalue weighted by atomic mass is 9.91. The number of allylic oxidation sites excluding steroid dienone is 1. The number of hydrogen-bond acceptors (Lipinski definition) is 3.